The minimum absolute atomic E-state index is 0.592. The Morgan fingerprint density at radius 3 is 1.57 bits per heavy atom. The fourth-order valence-electron chi connectivity index (χ4n) is 7.52. The molecule has 0 aliphatic carbocycles. The molecular weight excluding hydrogens is 647 g/mol. The van der Waals surface area contributed by atoms with E-state index in [9.17, 15) is 0 Å². The van der Waals surface area contributed by atoms with E-state index >= 15 is 0 Å². The van der Waals surface area contributed by atoms with Crippen molar-refractivity contribution >= 4 is 32.7 Å². The molecule has 0 atom stereocenters. The fourth-order valence-corrected chi connectivity index (χ4v) is 7.52. The average molecular weight is 678 g/mol. The molecular formula is C49H31N3O. The third-order valence-electron chi connectivity index (χ3n) is 9.94. The largest absolute Gasteiger partial charge is 0.455 e. The van der Waals surface area contributed by atoms with Gasteiger partial charge in [-0.05, 0) is 50.7 Å². The predicted molar refractivity (Wildman–Crippen MR) is 217 cm³/mol. The quantitative estimate of drug-likeness (QED) is 0.176. The van der Waals surface area contributed by atoms with Gasteiger partial charge in [0.15, 0.2) is 17.5 Å². The maximum absolute atomic E-state index is 6.79. The van der Waals surface area contributed by atoms with Crippen molar-refractivity contribution in [1.82, 2.24) is 15.0 Å². The van der Waals surface area contributed by atoms with Crippen molar-refractivity contribution < 1.29 is 4.42 Å². The van der Waals surface area contributed by atoms with Crippen LogP contribution in [0.4, 0.5) is 0 Å². The molecule has 53 heavy (non-hydrogen) atoms. The Bertz CT molecular complexity index is 2940. The van der Waals surface area contributed by atoms with E-state index in [1.807, 2.05) is 42.5 Å². The minimum Gasteiger partial charge on any atom is -0.455 e. The van der Waals surface area contributed by atoms with Crippen molar-refractivity contribution in [3.8, 4) is 67.5 Å². The third-order valence-corrected chi connectivity index (χ3v) is 9.94. The van der Waals surface area contributed by atoms with Crippen LogP contribution >= 0.6 is 0 Å². The maximum atomic E-state index is 6.79. The number of aromatic nitrogens is 3. The molecule has 4 heteroatoms. The maximum Gasteiger partial charge on any atom is 0.165 e. The van der Waals surface area contributed by atoms with E-state index in [0.717, 1.165) is 77.2 Å². The van der Waals surface area contributed by atoms with Crippen molar-refractivity contribution in [1.29, 1.82) is 0 Å². The van der Waals surface area contributed by atoms with Gasteiger partial charge in [-0.1, -0.05) is 176 Å². The van der Waals surface area contributed by atoms with Crippen LogP contribution in [0.15, 0.2) is 192 Å². The molecule has 248 valence electrons. The van der Waals surface area contributed by atoms with Crippen LogP contribution in [-0.4, -0.2) is 15.0 Å². The number of rotatable bonds is 6. The van der Waals surface area contributed by atoms with Crippen molar-refractivity contribution in [2.45, 2.75) is 0 Å². The van der Waals surface area contributed by atoms with Gasteiger partial charge in [-0.3, -0.25) is 0 Å². The van der Waals surface area contributed by atoms with Crippen LogP contribution in [0.25, 0.3) is 100 Å². The van der Waals surface area contributed by atoms with Crippen LogP contribution in [0.5, 0.6) is 0 Å². The van der Waals surface area contributed by atoms with Crippen molar-refractivity contribution in [3.63, 3.8) is 0 Å². The summed E-state index contributed by atoms with van der Waals surface area (Å²) < 4.78 is 6.79. The highest BCUT2D eigenvalue weighted by Gasteiger charge is 2.25. The van der Waals surface area contributed by atoms with E-state index in [2.05, 4.69) is 146 Å². The Balaban J connectivity index is 1.28. The molecule has 8 aromatic carbocycles. The van der Waals surface area contributed by atoms with E-state index in [4.69, 9.17) is 19.4 Å². The Morgan fingerprint density at radius 1 is 0.321 bits per heavy atom. The SMILES string of the molecule is c1ccc(-c2cccc(-c3ccccc3-c3nc(-c4ccccc4)nc(-c4c5ccccc5c(-c5ccccc5)c5oc6ccccc6c45)n3)c2)cc1. The fraction of sp³-hybridized carbons (Fsp3) is 0. The molecule has 0 saturated heterocycles. The lowest BCUT2D eigenvalue weighted by atomic mass is 9.90. The molecule has 0 saturated carbocycles. The van der Waals surface area contributed by atoms with Gasteiger partial charge in [0, 0.05) is 33.0 Å². The topological polar surface area (TPSA) is 51.8 Å². The molecule has 10 rings (SSSR count). The molecule has 0 radical (unpaired) electrons. The monoisotopic (exact) mass is 677 g/mol. The van der Waals surface area contributed by atoms with Gasteiger partial charge < -0.3 is 4.42 Å². The third kappa shape index (κ3) is 5.36. The molecule has 0 bridgehead atoms. The summed E-state index contributed by atoms with van der Waals surface area (Å²) in [5, 5.41) is 4.12. The lowest BCUT2D eigenvalue weighted by Gasteiger charge is -2.16. The number of furan rings is 1. The number of para-hydroxylation sites is 1. The van der Waals surface area contributed by atoms with Crippen LogP contribution in [0.3, 0.4) is 0 Å². The Hall–Kier alpha value is -7.17. The van der Waals surface area contributed by atoms with Crippen LogP contribution < -0.4 is 0 Å². The molecule has 10 aromatic rings. The Labute approximate surface area is 306 Å². The van der Waals surface area contributed by atoms with Crippen molar-refractivity contribution in [2.75, 3.05) is 0 Å². The van der Waals surface area contributed by atoms with Gasteiger partial charge in [0.1, 0.15) is 11.2 Å². The van der Waals surface area contributed by atoms with Crippen LogP contribution in [0, 0.1) is 0 Å². The minimum atomic E-state index is 0.592. The zero-order chi connectivity index (χ0) is 35.1. The highest BCUT2D eigenvalue weighted by molar-refractivity contribution is 6.26. The molecule has 0 fully saturated rings. The first-order valence-corrected chi connectivity index (χ1v) is 17.8. The molecule has 2 aromatic heterocycles. The van der Waals surface area contributed by atoms with Crippen LogP contribution in [-0.2, 0) is 0 Å². The molecule has 0 amide bonds. The molecule has 4 nitrogen and oxygen atoms in total. The van der Waals surface area contributed by atoms with Gasteiger partial charge in [0.25, 0.3) is 0 Å². The summed E-state index contributed by atoms with van der Waals surface area (Å²) in [5.74, 6) is 1.80. The summed E-state index contributed by atoms with van der Waals surface area (Å²) in [6.45, 7) is 0. The van der Waals surface area contributed by atoms with Gasteiger partial charge in [-0.2, -0.15) is 0 Å². The lowest BCUT2D eigenvalue weighted by molar-refractivity contribution is 0.670. The van der Waals surface area contributed by atoms with E-state index in [1.165, 1.54) is 5.56 Å². The molecule has 0 aliphatic heterocycles. The molecule has 0 aliphatic rings. The average Bonchev–Trinajstić information content (AvgIpc) is 3.62. The second-order valence-electron chi connectivity index (χ2n) is 13.1. The predicted octanol–water partition coefficient (Wildman–Crippen LogP) is 12.9. The van der Waals surface area contributed by atoms with Crippen molar-refractivity contribution in [2.24, 2.45) is 0 Å². The molecule has 0 spiro atoms. The smallest absolute Gasteiger partial charge is 0.165 e. The summed E-state index contributed by atoms with van der Waals surface area (Å²) in [5.41, 5.74) is 11.0. The first kappa shape index (κ1) is 30.6. The number of fused-ring (bicyclic) bond motifs is 4. The summed E-state index contributed by atoms with van der Waals surface area (Å²) in [6, 6.07) is 64.9. The highest BCUT2D eigenvalue weighted by Crippen LogP contribution is 2.47. The van der Waals surface area contributed by atoms with Crippen LogP contribution in [0.2, 0.25) is 0 Å². The molecule has 0 N–H and O–H groups in total. The number of hydrogen-bond donors (Lipinski definition) is 0. The summed E-state index contributed by atoms with van der Waals surface area (Å²) in [4.78, 5) is 15.9. The zero-order valence-corrected chi connectivity index (χ0v) is 28.6. The van der Waals surface area contributed by atoms with E-state index < -0.39 is 0 Å². The Kier molecular flexibility index (Phi) is 7.43. The van der Waals surface area contributed by atoms with E-state index in [0.29, 0.717) is 17.5 Å². The van der Waals surface area contributed by atoms with Gasteiger partial charge >= 0.3 is 0 Å². The second kappa shape index (κ2) is 12.9. The standard InChI is InChI=1S/C49H31N3O/c1-4-17-32(18-5-1)35-23-16-24-36(31-35)37-25-10-13-28-40(37)48-50-47(34-21-8-3-9-22-34)51-49(52-48)45-39-27-12-11-26-38(39)43(33-19-6-2-7-20-33)46-44(45)41-29-14-15-30-42(41)53-46/h1-31H. The van der Waals surface area contributed by atoms with Gasteiger partial charge in [-0.15, -0.1) is 0 Å². The number of benzene rings is 8. The summed E-state index contributed by atoms with van der Waals surface area (Å²) in [6.07, 6.45) is 0. The normalized spacial score (nSPS) is 11.4. The number of nitrogens with zero attached hydrogens (tertiary/aromatic N) is 3. The molecule has 2 heterocycles. The first-order valence-electron chi connectivity index (χ1n) is 17.8. The number of hydrogen-bond acceptors (Lipinski definition) is 4. The van der Waals surface area contributed by atoms with Gasteiger partial charge in [-0.25, -0.2) is 15.0 Å². The van der Waals surface area contributed by atoms with Gasteiger partial charge in [0.2, 0.25) is 0 Å². The molecule has 0 unspecified atom stereocenters. The summed E-state index contributed by atoms with van der Waals surface area (Å²) in [7, 11) is 0. The highest BCUT2D eigenvalue weighted by atomic mass is 16.3. The van der Waals surface area contributed by atoms with Crippen LogP contribution in [0.1, 0.15) is 0 Å². The van der Waals surface area contributed by atoms with Crippen molar-refractivity contribution in [3.05, 3.63) is 188 Å². The first-order chi connectivity index (χ1) is 26.3. The van der Waals surface area contributed by atoms with E-state index in [1.54, 1.807) is 0 Å². The lowest BCUT2D eigenvalue weighted by Crippen LogP contribution is -2.02. The second-order valence-corrected chi connectivity index (χ2v) is 13.1. The van der Waals surface area contributed by atoms with Gasteiger partial charge in [0.05, 0.1) is 0 Å². The summed E-state index contributed by atoms with van der Waals surface area (Å²) >= 11 is 0. The van der Waals surface area contributed by atoms with E-state index in [-0.39, 0.29) is 0 Å². The zero-order valence-electron chi connectivity index (χ0n) is 28.6. The Morgan fingerprint density at radius 2 is 0.830 bits per heavy atom.